The molecular formula is C24H35N3O2. The van der Waals surface area contributed by atoms with Gasteiger partial charge in [-0.2, -0.15) is 0 Å². The number of hydrogen-bond acceptors (Lipinski definition) is 3. The van der Waals surface area contributed by atoms with Crippen molar-refractivity contribution in [3.8, 4) is 5.75 Å². The highest BCUT2D eigenvalue weighted by atomic mass is 16.5. The first-order valence-corrected chi connectivity index (χ1v) is 11.3. The minimum atomic E-state index is -0.0171. The molecule has 1 amide bonds. The summed E-state index contributed by atoms with van der Waals surface area (Å²) in [6.07, 6.45) is 8.53. The van der Waals surface area contributed by atoms with Crippen LogP contribution in [0, 0.1) is 11.8 Å². The van der Waals surface area contributed by atoms with E-state index in [9.17, 15) is 4.79 Å². The van der Waals surface area contributed by atoms with Crippen LogP contribution >= 0.6 is 0 Å². The number of aromatic nitrogens is 1. The predicted octanol–water partition coefficient (Wildman–Crippen LogP) is 4.06. The first-order valence-electron chi connectivity index (χ1n) is 11.3. The molecule has 2 aliphatic heterocycles. The predicted molar refractivity (Wildman–Crippen MR) is 117 cm³/mol. The maximum absolute atomic E-state index is 12.5. The van der Waals surface area contributed by atoms with Crippen LogP contribution in [-0.2, 0) is 11.3 Å². The van der Waals surface area contributed by atoms with E-state index in [1.807, 2.05) is 12.1 Å². The van der Waals surface area contributed by atoms with E-state index in [2.05, 4.69) is 47.0 Å². The third-order valence-corrected chi connectivity index (χ3v) is 6.48. The fraction of sp³-hybridized carbons (Fsp3) is 0.625. The van der Waals surface area contributed by atoms with Crippen molar-refractivity contribution in [2.24, 2.45) is 11.8 Å². The second-order valence-electron chi connectivity index (χ2n) is 9.15. The van der Waals surface area contributed by atoms with Crippen LogP contribution in [0.15, 0.2) is 30.5 Å². The summed E-state index contributed by atoms with van der Waals surface area (Å²) in [5.41, 5.74) is 1.16. The van der Waals surface area contributed by atoms with Crippen LogP contribution in [0.5, 0.6) is 5.75 Å². The van der Waals surface area contributed by atoms with Gasteiger partial charge in [-0.1, -0.05) is 26.3 Å². The summed E-state index contributed by atoms with van der Waals surface area (Å²) in [5, 5.41) is 4.21. The average Bonchev–Trinajstić information content (AvgIpc) is 3.13. The number of hydrogen-bond donors (Lipinski definition) is 1. The Bertz CT molecular complexity index is 827. The summed E-state index contributed by atoms with van der Waals surface area (Å²) >= 11 is 0. The molecule has 1 N–H and O–H groups in total. The van der Waals surface area contributed by atoms with Crippen LogP contribution in [0.2, 0.25) is 0 Å². The van der Waals surface area contributed by atoms with Gasteiger partial charge in [-0.3, -0.25) is 4.79 Å². The Hall–Kier alpha value is -2.01. The fourth-order valence-electron chi connectivity index (χ4n) is 5.13. The maximum atomic E-state index is 12.5. The third kappa shape index (κ3) is 4.77. The summed E-state index contributed by atoms with van der Waals surface area (Å²) in [4.78, 5) is 15.1. The molecule has 2 aromatic rings. The molecule has 2 unspecified atom stereocenters. The van der Waals surface area contributed by atoms with Crippen molar-refractivity contribution in [1.29, 1.82) is 0 Å². The number of carbonyl (C=O) groups excluding carboxylic acids is 1. The molecule has 4 rings (SSSR count). The Morgan fingerprint density at radius 2 is 2.03 bits per heavy atom. The molecule has 0 spiro atoms. The molecule has 1 aromatic heterocycles. The van der Waals surface area contributed by atoms with Gasteiger partial charge in [-0.05, 0) is 68.8 Å². The molecule has 0 bridgehead atoms. The third-order valence-electron chi connectivity index (χ3n) is 6.48. The van der Waals surface area contributed by atoms with E-state index in [4.69, 9.17) is 4.74 Å². The summed E-state index contributed by atoms with van der Waals surface area (Å²) < 4.78 is 8.17. The number of piperidine rings is 2. The lowest BCUT2D eigenvalue weighted by atomic mass is 9.83. The lowest BCUT2D eigenvalue weighted by molar-refractivity contribution is -0.123. The molecule has 2 fully saturated rings. The zero-order valence-corrected chi connectivity index (χ0v) is 17.9. The second kappa shape index (κ2) is 9.21. The summed E-state index contributed by atoms with van der Waals surface area (Å²) in [7, 11) is 0. The monoisotopic (exact) mass is 397 g/mol. The van der Waals surface area contributed by atoms with Crippen molar-refractivity contribution in [3.05, 3.63) is 30.5 Å². The van der Waals surface area contributed by atoms with Gasteiger partial charge in [0.1, 0.15) is 5.75 Å². The lowest BCUT2D eigenvalue weighted by Crippen LogP contribution is -2.51. The normalized spacial score (nSPS) is 22.6. The molecule has 0 aliphatic carbocycles. The van der Waals surface area contributed by atoms with Gasteiger partial charge in [0.2, 0.25) is 0 Å². The Kier molecular flexibility index (Phi) is 6.43. The van der Waals surface area contributed by atoms with Crippen molar-refractivity contribution in [2.45, 2.75) is 58.5 Å². The first-order chi connectivity index (χ1) is 14.1. The fourth-order valence-corrected chi connectivity index (χ4v) is 5.13. The molecule has 29 heavy (non-hydrogen) atoms. The van der Waals surface area contributed by atoms with Crippen LogP contribution in [0.1, 0.15) is 46.0 Å². The zero-order valence-electron chi connectivity index (χ0n) is 17.9. The lowest BCUT2D eigenvalue weighted by Gasteiger charge is -2.44. The van der Waals surface area contributed by atoms with Gasteiger partial charge in [-0.15, -0.1) is 0 Å². The van der Waals surface area contributed by atoms with Crippen molar-refractivity contribution in [1.82, 2.24) is 14.8 Å². The van der Waals surface area contributed by atoms with E-state index >= 15 is 0 Å². The van der Waals surface area contributed by atoms with Gasteiger partial charge < -0.3 is 19.5 Å². The van der Waals surface area contributed by atoms with Gasteiger partial charge in [0.25, 0.3) is 5.91 Å². The molecular weight excluding hydrogens is 362 g/mol. The van der Waals surface area contributed by atoms with E-state index in [1.165, 1.54) is 45.2 Å². The summed E-state index contributed by atoms with van der Waals surface area (Å²) in [6.45, 7) is 8.74. The summed E-state index contributed by atoms with van der Waals surface area (Å²) in [5.74, 6) is 1.94. The van der Waals surface area contributed by atoms with Crippen LogP contribution in [0.3, 0.4) is 0 Å². The van der Waals surface area contributed by atoms with Gasteiger partial charge in [0.05, 0.1) is 5.52 Å². The average molecular weight is 398 g/mol. The minimum Gasteiger partial charge on any atom is -0.483 e. The van der Waals surface area contributed by atoms with Gasteiger partial charge >= 0.3 is 0 Å². The van der Waals surface area contributed by atoms with Crippen LogP contribution in [0.25, 0.3) is 10.9 Å². The van der Waals surface area contributed by atoms with E-state index in [1.54, 1.807) is 0 Å². The molecule has 2 saturated heterocycles. The van der Waals surface area contributed by atoms with Gasteiger partial charge in [0, 0.05) is 30.7 Å². The number of nitrogens with one attached hydrogen (secondary N) is 1. The number of benzene rings is 1. The van der Waals surface area contributed by atoms with Crippen molar-refractivity contribution in [2.75, 3.05) is 26.2 Å². The minimum absolute atomic E-state index is 0.0171. The van der Waals surface area contributed by atoms with Crippen molar-refractivity contribution < 1.29 is 9.53 Å². The first kappa shape index (κ1) is 20.3. The highest BCUT2D eigenvalue weighted by Crippen LogP contribution is 2.30. The number of rotatable bonds is 7. The van der Waals surface area contributed by atoms with E-state index in [0.29, 0.717) is 17.9 Å². The van der Waals surface area contributed by atoms with E-state index in [0.717, 1.165) is 29.7 Å². The molecule has 0 saturated carbocycles. The number of carbonyl (C=O) groups is 1. The van der Waals surface area contributed by atoms with Crippen LogP contribution in [-0.4, -0.2) is 47.7 Å². The van der Waals surface area contributed by atoms with Crippen molar-refractivity contribution in [3.63, 3.8) is 0 Å². The SMILES string of the molecule is CC(C)Cn1ccc2c(OCC(=O)NCC3CCCN4CCCCC34)cccc21. The number of fused-ring (bicyclic) bond motifs is 2. The molecule has 2 aliphatic rings. The smallest absolute Gasteiger partial charge is 0.257 e. The zero-order chi connectivity index (χ0) is 20.2. The second-order valence-corrected chi connectivity index (χ2v) is 9.15. The molecule has 0 radical (unpaired) electrons. The molecule has 1 aromatic carbocycles. The molecule has 5 nitrogen and oxygen atoms in total. The van der Waals surface area contributed by atoms with Gasteiger partial charge in [0.15, 0.2) is 6.61 Å². The highest BCUT2D eigenvalue weighted by molar-refractivity contribution is 5.87. The van der Waals surface area contributed by atoms with Crippen molar-refractivity contribution >= 4 is 16.8 Å². The molecule has 158 valence electrons. The Morgan fingerprint density at radius 3 is 2.90 bits per heavy atom. The van der Waals surface area contributed by atoms with E-state index in [-0.39, 0.29) is 12.5 Å². The number of nitrogens with zero attached hydrogens (tertiary/aromatic N) is 2. The summed E-state index contributed by atoms with van der Waals surface area (Å²) in [6, 6.07) is 8.82. The van der Waals surface area contributed by atoms with Crippen LogP contribution in [0.4, 0.5) is 0 Å². The standard InChI is InChI=1S/C24H35N3O2/c1-18(2)16-27-14-11-20-22(27)9-5-10-23(20)29-17-24(28)25-15-19-7-6-13-26-12-4-3-8-21(19)26/h5,9-11,14,18-19,21H,3-4,6-8,12-13,15-17H2,1-2H3,(H,25,28). The Labute approximate surface area is 174 Å². The molecule has 2 atom stereocenters. The highest BCUT2D eigenvalue weighted by Gasteiger charge is 2.32. The Balaban J connectivity index is 1.31. The quantitative estimate of drug-likeness (QED) is 0.766. The van der Waals surface area contributed by atoms with Crippen LogP contribution < -0.4 is 10.1 Å². The van der Waals surface area contributed by atoms with E-state index < -0.39 is 0 Å². The van der Waals surface area contributed by atoms with Gasteiger partial charge in [-0.25, -0.2) is 0 Å². The molecule has 5 heteroatoms. The molecule has 3 heterocycles. The number of ether oxygens (including phenoxy) is 1. The largest absolute Gasteiger partial charge is 0.483 e. The maximum Gasteiger partial charge on any atom is 0.257 e. The Morgan fingerprint density at radius 1 is 1.17 bits per heavy atom. The topological polar surface area (TPSA) is 46.5 Å². The number of amides is 1.